The van der Waals surface area contributed by atoms with E-state index >= 15 is 0 Å². The molecule has 2 saturated heterocycles. The van der Waals surface area contributed by atoms with E-state index in [9.17, 15) is 9.59 Å². The summed E-state index contributed by atoms with van der Waals surface area (Å²) < 4.78 is 0. The average molecular weight is 357 g/mol. The van der Waals surface area contributed by atoms with Crippen molar-refractivity contribution >= 4 is 17.5 Å². The number of piperidine rings is 1. The van der Waals surface area contributed by atoms with Gasteiger partial charge < -0.3 is 15.5 Å². The summed E-state index contributed by atoms with van der Waals surface area (Å²) in [6.45, 7) is 5.44. The van der Waals surface area contributed by atoms with E-state index < -0.39 is 0 Å². The van der Waals surface area contributed by atoms with E-state index in [0.717, 1.165) is 31.6 Å². The number of carbonyl (C=O) groups is 2. The lowest BCUT2D eigenvalue weighted by Gasteiger charge is -2.23. The maximum absolute atomic E-state index is 12.5. The number of benzene rings is 1. The van der Waals surface area contributed by atoms with Gasteiger partial charge in [-0.05, 0) is 62.4 Å². The molecule has 0 saturated carbocycles. The lowest BCUT2D eigenvalue weighted by Crippen LogP contribution is -2.40. The predicted octanol–water partition coefficient (Wildman–Crippen LogP) is 2.50. The van der Waals surface area contributed by atoms with E-state index in [1.165, 1.54) is 24.8 Å². The quantitative estimate of drug-likeness (QED) is 0.788. The summed E-state index contributed by atoms with van der Waals surface area (Å²) in [6, 6.07) is 8.22. The molecule has 2 fully saturated rings. The van der Waals surface area contributed by atoms with Crippen molar-refractivity contribution in [3.63, 3.8) is 0 Å². The Morgan fingerprint density at radius 1 is 1.31 bits per heavy atom. The summed E-state index contributed by atoms with van der Waals surface area (Å²) in [4.78, 5) is 26.6. The van der Waals surface area contributed by atoms with Crippen LogP contribution in [0.3, 0.4) is 0 Å². The number of hydrogen-bond acceptors (Lipinski definition) is 3. The fourth-order valence-corrected chi connectivity index (χ4v) is 3.84. The fourth-order valence-electron chi connectivity index (χ4n) is 3.84. The van der Waals surface area contributed by atoms with E-state index in [4.69, 9.17) is 0 Å². The van der Waals surface area contributed by atoms with Gasteiger partial charge in [-0.3, -0.25) is 9.59 Å². The van der Waals surface area contributed by atoms with E-state index in [2.05, 4.69) is 29.7 Å². The number of rotatable bonds is 7. The number of anilines is 1. The van der Waals surface area contributed by atoms with Gasteiger partial charge in [0.05, 0.1) is 5.92 Å². The SMILES string of the molecule is CCCCc1ccc(N2CC(C(=O)NCC3CCCNC3)CC2=O)cc1. The van der Waals surface area contributed by atoms with Gasteiger partial charge in [0, 0.05) is 25.2 Å². The van der Waals surface area contributed by atoms with Crippen LogP contribution in [0.15, 0.2) is 24.3 Å². The monoisotopic (exact) mass is 357 g/mol. The molecule has 2 amide bonds. The molecule has 1 aromatic carbocycles. The van der Waals surface area contributed by atoms with Crippen molar-refractivity contribution in [2.24, 2.45) is 11.8 Å². The van der Waals surface area contributed by atoms with Crippen LogP contribution in [0.25, 0.3) is 0 Å². The zero-order valence-corrected chi connectivity index (χ0v) is 15.8. The second-order valence-electron chi connectivity index (χ2n) is 7.63. The summed E-state index contributed by atoms with van der Waals surface area (Å²) in [7, 11) is 0. The Morgan fingerprint density at radius 2 is 2.12 bits per heavy atom. The van der Waals surface area contributed by atoms with Crippen molar-refractivity contribution in [3.8, 4) is 0 Å². The Morgan fingerprint density at radius 3 is 2.81 bits per heavy atom. The second-order valence-corrected chi connectivity index (χ2v) is 7.63. The molecule has 3 rings (SSSR count). The van der Waals surface area contributed by atoms with E-state index in [1.807, 2.05) is 12.1 Å². The minimum Gasteiger partial charge on any atom is -0.355 e. The van der Waals surface area contributed by atoms with Crippen molar-refractivity contribution in [2.75, 3.05) is 31.1 Å². The van der Waals surface area contributed by atoms with Crippen molar-refractivity contribution in [1.29, 1.82) is 0 Å². The molecule has 26 heavy (non-hydrogen) atoms. The number of hydrogen-bond donors (Lipinski definition) is 2. The van der Waals surface area contributed by atoms with Gasteiger partial charge >= 0.3 is 0 Å². The van der Waals surface area contributed by atoms with Gasteiger partial charge in [0.25, 0.3) is 0 Å². The summed E-state index contributed by atoms with van der Waals surface area (Å²) in [5.41, 5.74) is 2.21. The van der Waals surface area contributed by atoms with Gasteiger partial charge in [-0.15, -0.1) is 0 Å². The Hall–Kier alpha value is -1.88. The largest absolute Gasteiger partial charge is 0.355 e. The van der Waals surface area contributed by atoms with Crippen LogP contribution in [-0.4, -0.2) is 38.0 Å². The number of amides is 2. The third-order valence-corrected chi connectivity index (χ3v) is 5.53. The summed E-state index contributed by atoms with van der Waals surface area (Å²) >= 11 is 0. The first kappa shape index (κ1) is 18.9. The molecule has 2 N–H and O–H groups in total. The number of nitrogens with zero attached hydrogens (tertiary/aromatic N) is 1. The van der Waals surface area contributed by atoms with Crippen molar-refractivity contribution in [3.05, 3.63) is 29.8 Å². The minimum absolute atomic E-state index is 0.0194. The van der Waals surface area contributed by atoms with Crippen LogP contribution in [0, 0.1) is 11.8 Å². The van der Waals surface area contributed by atoms with Gasteiger partial charge in [0.1, 0.15) is 0 Å². The molecule has 2 atom stereocenters. The maximum atomic E-state index is 12.5. The zero-order chi connectivity index (χ0) is 18.4. The van der Waals surface area contributed by atoms with Crippen molar-refractivity contribution in [1.82, 2.24) is 10.6 Å². The van der Waals surface area contributed by atoms with Gasteiger partial charge in [-0.2, -0.15) is 0 Å². The highest BCUT2D eigenvalue weighted by Gasteiger charge is 2.35. The van der Waals surface area contributed by atoms with Crippen molar-refractivity contribution in [2.45, 2.75) is 45.4 Å². The summed E-state index contributed by atoms with van der Waals surface area (Å²) in [5.74, 6) is 0.340. The maximum Gasteiger partial charge on any atom is 0.227 e. The molecule has 1 aromatic rings. The lowest BCUT2D eigenvalue weighted by molar-refractivity contribution is -0.126. The first-order valence-electron chi connectivity index (χ1n) is 10.0. The first-order valence-corrected chi connectivity index (χ1v) is 10.0. The van der Waals surface area contributed by atoms with E-state index in [0.29, 0.717) is 25.4 Å². The number of carbonyl (C=O) groups excluding carboxylic acids is 2. The van der Waals surface area contributed by atoms with Crippen LogP contribution in [0.4, 0.5) is 5.69 Å². The number of unbranched alkanes of at least 4 members (excludes halogenated alkanes) is 1. The minimum atomic E-state index is -0.237. The highest BCUT2D eigenvalue weighted by atomic mass is 16.2. The first-order chi connectivity index (χ1) is 12.7. The van der Waals surface area contributed by atoms with Gasteiger partial charge in [0.2, 0.25) is 11.8 Å². The third-order valence-electron chi connectivity index (χ3n) is 5.53. The molecule has 2 unspecified atom stereocenters. The van der Waals surface area contributed by atoms with Crippen LogP contribution in [-0.2, 0) is 16.0 Å². The van der Waals surface area contributed by atoms with E-state index in [1.54, 1.807) is 4.90 Å². The van der Waals surface area contributed by atoms with Crippen LogP contribution in [0.2, 0.25) is 0 Å². The molecular weight excluding hydrogens is 326 g/mol. The standard InChI is InChI=1S/C21H31N3O2/c1-2-3-5-16-7-9-19(10-8-16)24-15-18(12-20(24)25)21(26)23-14-17-6-4-11-22-13-17/h7-10,17-18,22H,2-6,11-15H2,1H3,(H,23,26). The molecule has 0 aromatic heterocycles. The molecule has 142 valence electrons. The highest BCUT2D eigenvalue weighted by molar-refractivity contribution is 6.00. The van der Waals surface area contributed by atoms with Gasteiger partial charge in [-0.25, -0.2) is 0 Å². The molecule has 2 aliphatic heterocycles. The van der Waals surface area contributed by atoms with Crippen LogP contribution in [0.1, 0.15) is 44.6 Å². The average Bonchev–Trinajstić information content (AvgIpc) is 3.07. The Kier molecular flexibility index (Phi) is 6.67. The second kappa shape index (κ2) is 9.17. The number of aryl methyl sites for hydroxylation is 1. The topological polar surface area (TPSA) is 61.4 Å². The smallest absolute Gasteiger partial charge is 0.227 e. The van der Waals surface area contributed by atoms with Crippen molar-refractivity contribution < 1.29 is 9.59 Å². The number of nitrogens with one attached hydrogen (secondary N) is 2. The molecular formula is C21H31N3O2. The fraction of sp³-hybridized carbons (Fsp3) is 0.619. The van der Waals surface area contributed by atoms with Crippen LogP contribution >= 0.6 is 0 Å². The molecule has 2 aliphatic rings. The summed E-state index contributed by atoms with van der Waals surface area (Å²) in [5, 5.41) is 6.43. The van der Waals surface area contributed by atoms with E-state index in [-0.39, 0.29) is 17.7 Å². The predicted molar refractivity (Wildman–Crippen MR) is 104 cm³/mol. The molecule has 0 spiro atoms. The third kappa shape index (κ3) is 4.85. The van der Waals surface area contributed by atoms with Gasteiger partial charge in [-0.1, -0.05) is 25.5 Å². The molecule has 5 heteroatoms. The summed E-state index contributed by atoms with van der Waals surface area (Å²) in [6.07, 6.45) is 6.08. The molecule has 0 aliphatic carbocycles. The Labute approximate surface area is 156 Å². The Bertz CT molecular complexity index is 608. The Balaban J connectivity index is 1.51. The highest BCUT2D eigenvalue weighted by Crippen LogP contribution is 2.26. The molecule has 2 heterocycles. The zero-order valence-electron chi connectivity index (χ0n) is 15.8. The molecule has 0 bridgehead atoms. The lowest BCUT2D eigenvalue weighted by atomic mass is 9.99. The molecule has 5 nitrogen and oxygen atoms in total. The van der Waals surface area contributed by atoms with Crippen LogP contribution < -0.4 is 15.5 Å². The molecule has 0 radical (unpaired) electrons. The normalized spacial score (nSPS) is 23.3. The van der Waals surface area contributed by atoms with Gasteiger partial charge in [0.15, 0.2) is 0 Å². The van der Waals surface area contributed by atoms with Crippen LogP contribution in [0.5, 0.6) is 0 Å².